The molecule has 0 unspecified atom stereocenters. The monoisotopic (exact) mass is 356 g/mol. The number of anilines is 1. The molecule has 2 amide bonds. The van der Waals surface area contributed by atoms with E-state index >= 15 is 0 Å². The first-order valence-corrected chi connectivity index (χ1v) is 8.20. The maximum absolute atomic E-state index is 12.8. The highest BCUT2D eigenvalue weighted by Crippen LogP contribution is 2.38. The molecule has 0 atom stereocenters. The van der Waals surface area contributed by atoms with Gasteiger partial charge < -0.3 is 15.0 Å². The Morgan fingerprint density at radius 2 is 2.00 bits per heavy atom. The fourth-order valence-corrected chi connectivity index (χ4v) is 2.83. The fourth-order valence-electron chi connectivity index (χ4n) is 2.61. The van der Waals surface area contributed by atoms with Crippen molar-refractivity contribution in [2.75, 3.05) is 18.1 Å². The molecule has 128 valence electrons. The Hall–Kier alpha value is -2.79. The van der Waals surface area contributed by atoms with Crippen molar-refractivity contribution in [3.05, 3.63) is 71.3 Å². The van der Waals surface area contributed by atoms with Crippen LogP contribution in [0.3, 0.4) is 0 Å². The van der Waals surface area contributed by atoms with Crippen molar-refractivity contribution in [2.45, 2.75) is 6.54 Å². The van der Waals surface area contributed by atoms with Crippen LogP contribution in [0.15, 0.2) is 55.1 Å². The Kier molecular flexibility index (Phi) is 5.05. The molecule has 3 rings (SSSR count). The highest BCUT2D eigenvalue weighted by atomic mass is 35.5. The van der Waals surface area contributed by atoms with Crippen LogP contribution in [0.2, 0.25) is 5.02 Å². The third-order valence-electron chi connectivity index (χ3n) is 3.90. The zero-order valence-corrected chi connectivity index (χ0v) is 14.3. The minimum atomic E-state index is -0.234. The average molecular weight is 357 g/mol. The number of rotatable bonds is 4. The van der Waals surface area contributed by atoms with E-state index < -0.39 is 0 Å². The van der Waals surface area contributed by atoms with Crippen LogP contribution in [-0.4, -0.2) is 25.0 Å². The summed E-state index contributed by atoms with van der Waals surface area (Å²) in [6, 6.07) is 12.5. The smallest absolute Gasteiger partial charge is 0.258 e. The average Bonchev–Trinajstić information content (AvgIpc) is 2.66. The van der Waals surface area contributed by atoms with Crippen molar-refractivity contribution in [3.8, 4) is 5.75 Å². The molecule has 6 heteroatoms. The molecular weight excluding hydrogens is 340 g/mol. The van der Waals surface area contributed by atoms with E-state index in [0.29, 0.717) is 41.7 Å². The lowest BCUT2D eigenvalue weighted by Gasteiger charge is -2.30. The number of nitrogens with zero attached hydrogens (tertiary/aromatic N) is 1. The number of para-hydroxylation sites is 1. The Morgan fingerprint density at radius 3 is 2.72 bits per heavy atom. The molecule has 1 heterocycles. The second kappa shape index (κ2) is 7.40. The molecule has 0 saturated carbocycles. The van der Waals surface area contributed by atoms with Crippen LogP contribution < -0.4 is 15.0 Å². The number of amides is 2. The van der Waals surface area contributed by atoms with Gasteiger partial charge in [0, 0.05) is 12.1 Å². The lowest BCUT2D eigenvalue weighted by atomic mass is 10.1. The van der Waals surface area contributed by atoms with Crippen LogP contribution in [0.1, 0.15) is 15.9 Å². The number of fused-ring (bicyclic) bond motifs is 1. The van der Waals surface area contributed by atoms with Gasteiger partial charge in [-0.2, -0.15) is 0 Å². The Balaban J connectivity index is 1.77. The van der Waals surface area contributed by atoms with Gasteiger partial charge in [-0.3, -0.25) is 9.59 Å². The molecule has 1 aliphatic rings. The highest BCUT2D eigenvalue weighted by molar-refractivity contribution is 6.32. The number of hydrogen-bond donors (Lipinski definition) is 1. The molecule has 25 heavy (non-hydrogen) atoms. The predicted octanol–water partition coefficient (Wildman–Crippen LogP) is 3.18. The molecule has 0 aliphatic carbocycles. The molecule has 2 aromatic rings. The van der Waals surface area contributed by atoms with E-state index in [2.05, 4.69) is 11.9 Å². The summed E-state index contributed by atoms with van der Waals surface area (Å²) in [5.41, 5.74) is 2.13. The molecule has 1 N–H and O–H groups in total. The molecule has 0 radical (unpaired) electrons. The van der Waals surface area contributed by atoms with Gasteiger partial charge >= 0.3 is 0 Å². The first-order chi connectivity index (χ1) is 12.1. The van der Waals surface area contributed by atoms with Crippen molar-refractivity contribution in [2.24, 2.45) is 0 Å². The first kappa shape index (κ1) is 17.0. The fraction of sp³-hybridized carbons (Fsp3) is 0.158. The van der Waals surface area contributed by atoms with Crippen molar-refractivity contribution in [1.82, 2.24) is 5.32 Å². The summed E-state index contributed by atoms with van der Waals surface area (Å²) in [5.74, 6) is 0.183. The van der Waals surface area contributed by atoms with Gasteiger partial charge in [-0.15, -0.1) is 0 Å². The van der Waals surface area contributed by atoms with Crippen LogP contribution in [0.4, 0.5) is 5.69 Å². The quantitative estimate of drug-likeness (QED) is 0.856. The number of carbonyl (C=O) groups excluding carboxylic acids is 2. The van der Waals surface area contributed by atoms with Gasteiger partial charge in [0.15, 0.2) is 5.75 Å². The summed E-state index contributed by atoms with van der Waals surface area (Å²) >= 11 is 6.15. The summed E-state index contributed by atoms with van der Waals surface area (Å²) in [4.78, 5) is 25.7. The molecule has 0 bridgehead atoms. The predicted molar refractivity (Wildman–Crippen MR) is 97.1 cm³/mol. The second-order valence-electron chi connectivity index (χ2n) is 5.51. The van der Waals surface area contributed by atoms with Crippen LogP contribution in [0, 0.1) is 0 Å². The minimum Gasteiger partial charge on any atom is -0.488 e. The summed E-state index contributed by atoms with van der Waals surface area (Å²) in [6.07, 6.45) is 1.22. The lowest BCUT2D eigenvalue weighted by molar-refractivity contribution is -0.116. The number of nitrogens with one attached hydrogen (secondary N) is 1. The normalized spacial score (nSPS) is 12.8. The minimum absolute atomic E-state index is 0.117. The molecule has 2 aromatic carbocycles. The molecule has 0 saturated heterocycles. The van der Waals surface area contributed by atoms with Crippen molar-refractivity contribution in [3.63, 3.8) is 0 Å². The third kappa shape index (κ3) is 3.67. The van der Waals surface area contributed by atoms with E-state index in [4.69, 9.17) is 16.3 Å². The first-order valence-electron chi connectivity index (χ1n) is 7.82. The summed E-state index contributed by atoms with van der Waals surface area (Å²) in [7, 11) is 0. The Labute approximate surface area is 150 Å². The van der Waals surface area contributed by atoms with Gasteiger partial charge in [-0.05, 0) is 35.9 Å². The van der Waals surface area contributed by atoms with Gasteiger partial charge in [0.1, 0.15) is 6.61 Å². The molecule has 5 nitrogen and oxygen atoms in total. The second-order valence-corrected chi connectivity index (χ2v) is 5.92. The van der Waals surface area contributed by atoms with Gasteiger partial charge in [0.2, 0.25) is 5.91 Å². The topological polar surface area (TPSA) is 58.6 Å². The number of halogens is 1. The van der Waals surface area contributed by atoms with E-state index in [1.54, 1.807) is 29.2 Å². The standard InChI is InChI=1S/C19H17ClN2O3/c1-2-17(23)21-12-13-6-8-14(9-7-13)19(24)22-10-11-25-18-15(20)4-3-5-16(18)22/h2-9H,1,10-12H2,(H,21,23). The van der Waals surface area contributed by atoms with Crippen molar-refractivity contribution in [1.29, 1.82) is 0 Å². The Morgan fingerprint density at radius 1 is 1.24 bits per heavy atom. The van der Waals surface area contributed by atoms with E-state index in [0.717, 1.165) is 5.56 Å². The van der Waals surface area contributed by atoms with Gasteiger partial charge in [-0.25, -0.2) is 0 Å². The summed E-state index contributed by atoms with van der Waals surface area (Å²) < 4.78 is 5.58. The highest BCUT2D eigenvalue weighted by Gasteiger charge is 2.26. The molecule has 0 fully saturated rings. The molecule has 0 spiro atoms. The number of benzene rings is 2. The van der Waals surface area contributed by atoms with Crippen LogP contribution >= 0.6 is 11.6 Å². The summed E-state index contributed by atoms with van der Waals surface area (Å²) in [5, 5.41) is 3.19. The molecular formula is C19H17ClN2O3. The molecule has 0 aromatic heterocycles. The van der Waals surface area contributed by atoms with E-state index in [1.807, 2.05) is 18.2 Å². The largest absolute Gasteiger partial charge is 0.488 e. The summed E-state index contributed by atoms with van der Waals surface area (Å²) in [6.45, 7) is 4.65. The van der Waals surface area contributed by atoms with Gasteiger partial charge in [0.05, 0.1) is 17.3 Å². The van der Waals surface area contributed by atoms with E-state index in [9.17, 15) is 9.59 Å². The number of hydrogen-bond acceptors (Lipinski definition) is 3. The number of carbonyl (C=O) groups is 2. The maximum Gasteiger partial charge on any atom is 0.258 e. The zero-order valence-electron chi connectivity index (χ0n) is 13.5. The van der Waals surface area contributed by atoms with Crippen LogP contribution in [0.5, 0.6) is 5.75 Å². The lowest BCUT2D eigenvalue weighted by Crippen LogP contribution is -2.38. The maximum atomic E-state index is 12.8. The van der Waals surface area contributed by atoms with E-state index in [1.165, 1.54) is 6.08 Å². The van der Waals surface area contributed by atoms with Crippen LogP contribution in [-0.2, 0) is 11.3 Å². The Bertz CT molecular complexity index is 818. The SMILES string of the molecule is C=CC(=O)NCc1ccc(C(=O)N2CCOc3c(Cl)cccc32)cc1. The van der Waals surface area contributed by atoms with Crippen LogP contribution in [0.25, 0.3) is 0 Å². The molecule has 1 aliphatic heterocycles. The number of ether oxygens (including phenoxy) is 1. The van der Waals surface area contributed by atoms with E-state index in [-0.39, 0.29) is 11.8 Å². The van der Waals surface area contributed by atoms with Gasteiger partial charge in [0.25, 0.3) is 5.91 Å². The van der Waals surface area contributed by atoms with Crippen molar-refractivity contribution < 1.29 is 14.3 Å². The zero-order chi connectivity index (χ0) is 17.8. The third-order valence-corrected chi connectivity index (χ3v) is 4.19. The van der Waals surface area contributed by atoms with Crippen molar-refractivity contribution >= 4 is 29.1 Å². The van der Waals surface area contributed by atoms with Gasteiger partial charge in [-0.1, -0.05) is 36.4 Å².